The smallest absolute Gasteiger partial charge is 0.338 e. The Kier molecular flexibility index (Phi) is 8.09. The first-order chi connectivity index (χ1) is 17.9. The van der Waals surface area contributed by atoms with Gasteiger partial charge >= 0.3 is 5.97 Å². The van der Waals surface area contributed by atoms with Gasteiger partial charge in [0.2, 0.25) is 0 Å². The fourth-order valence-electron chi connectivity index (χ4n) is 3.67. The van der Waals surface area contributed by atoms with Crippen LogP contribution in [0.25, 0.3) is 4.96 Å². The summed E-state index contributed by atoms with van der Waals surface area (Å²) in [6, 6.07) is 16.5. The largest absolute Gasteiger partial charge is 0.462 e. The minimum Gasteiger partial charge on any atom is -0.462 e. The summed E-state index contributed by atoms with van der Waals surface area (Å²) in [7, 11) is 0. The zero-order valence-corrected chi connectivity index (χ0v) is 21.3. The van der Waals surface area contributed by atoms with Crippen molar-refractivity contribution in [3.63, 3.8) is 0 Å². The average molecular weight is 519 g/mol. The lowest BCUT2D eigenvalue weighted by molar-refractivity contribution is 0.0505. The normalized spacial score (nSPS) is 10.8. The first-order valence-corrected chi connectivity index (χ1v) is 12.7. The Balaban J connectivity index is 1.73. The number of hydrogen-bond donors (Lipinski definition) is 2. The van der Waals surface area contributed by atoms with Crippen molar-refractivity contribution in [2.24, 2.45) is 0 Å². The number of ether oxygens (including phenoxy) is 1. The Morgan fingerprint density at radius 3 is 2.38 bits per heavy atom. The van der Waals surface area contributed by atoms with E-state index in [4.69, 9.17) is 4.74 Å². The van der Waals surface area contributed by atoms with Crippen LogP contribution in [0.15, 0.2) is 65.5 Å². The highest BCUT2D eigenvalue weighted by molar-refractivity contribution is 7.19. The zero-order chi connectivity index (χ0) is 26.4. The van der Waals surface area contributed by atoms with Gasteiger partial charge in [0.1, 0.15) is 10.6 Å². The third kappa shape index (κ3) is 5.92. The van der Waals surface area contributed by atoms with E-state index in [0.717, 1.165) is 22.2 Å². The van der Waals surface area contributed by atoms with Crippen LogP contribution in [0.2, 0.25) is 0 Å². The number of benzene rings is 2. The van der Waals surface area contributed by atoms with Gasteiger partial charge in [-0.15, -0.1) is 0 Å². The molecule has 37 heavy (non-hydrogen) atoms. The molecule has 0 radical (unpaired) electrons. The summed E-state index contributed by atoms with van der Waals surface area (Å²) in [6.45, 7) is 4.15. The molecule has 2 aromatic carbocycles. The third-order valence-electron chi connectivity index (χ3n) is 5.33. The molecule has 9 nitrogen and oxygen atoms in total. The summed E-state index contributed by atoms with van der Waals surface area (Å²) in [5.41, 5.74) is 1.13. The number of thiazole rings is 1. The summed E-state index contributed by atoms with van der Waals surface area (Å²) >= 11 is 0.966. The average Bonchev–Trinajstić information content (AvgIpc) is 3.29. The van der Waals surface area contributed by atoms with Crippen LogP contribution in [0.5, 0.6) is 0 Å². The van der Waals surface area contributed by atoms with Gasteiger partial charge in [-0.1, -0.05) is 55.9 Å². The molecule has 2 aromatic heterocycles. The lowest BCUT2D eigenvalue weighted by Crippen LogP contribution is -2.25. The van der Waals surface area contributed by atoms with Crippen LogP contribution < -0.4 is 16.2 Å². The van der Waals surface area contributed by atoms with Crippen LogP contribution in [0, 0.1) is 0 Å². The molecule has 4 rings (SSSR count). The van der Waals surface area contributed by atoms with Crippen molar-refractivity contribution in [1.29, 1.82) is 0 Å². The molecule has 0 unspecified atom stereocenters. The number of anilines is 2. The second-order valence-corrected chi connectivity index (χ2v) is 9.20. The number of esters is 1. The monoisotopic (exact) mass is 518 g/mol. The second kappa shape index (κ2) is 11.6. The molecule has 0 aliphatic heterocycles. The number of nitrogens with zero attached hydrogens (tertiary/aromatic N) is 2. The molecule has 0 bridgehead atoms. The van der Waals surface area contributed by atoms with E-state index < -0.39 is 23.3 Å². The number of amides is 2. The summed E-state index contributed by atoms with van der Waals surface area (Å²) in [5.74, 6) is -1.73. The highest BCUT2D eigenvalue weighted by Gasteiger charge is 2.26. The van der Waals surface area contributed by atoms with Crippen molar-refractivity contribution in [3.8, 4) is 0 Å². The highest BCUT2D eigenvalue weighted by Crippen LogP contribution is 2.24. The topological polar surface area (TPSA) is 119 Å². The van der Waals surface area contributed by atoms with E-state index in [1.165, 1.54) is 12.1 Å². The molecule has 0 atom stereocenters. The Morgan fingerprint density at radius 2 is 1.65 bits per heavy atom. The van der Waals surface area contributed by atoms with Gasteiger partial charge in [0.25, 0.3) is 17.4 Å². The maximum Gasteiger partial charge on any atom is 0.338 e. The van der Waals surface area contributed by atoms with Crippen molar-refractivity contribution in [3.05, 3.63) is 92.8 Å². The van der Waals surface area contributed by atoms with Crippen LogP contribution >= 0.6 is 11.3 Å². The van der Waals surface area contributed by atoms with Gasteiger partial charge in [-0.2, -0.15) is 0 Å². The summed E-state index contributed by atoms with van der Waals surface area (Å²) in [5, 5.41) is 5.47. The van der Waals surface area contributed by atoms with Gasteiger partial charge in [-0.05, 0) is 43.2 Å². The minimum absolute atomic E-state index is 0.0399. The molecular formula is C27H26N4O5S. The third-order valence-corrected chi connectivity index (χ3v) is 6.36. The molecule has 190 valence electrons. The van der Waals surface area contributed by atoms with Crippen LogP contribution in [-0.2, 0) is 11.2 Å². The number of nitrogens with one attached hydrogen (secondary N) is 2. The van der Waals surface area contributed by atoms with Crippen LogP contribution in [0.4, 0.5) is 11.4 Å². The lowest BCUT2D eigenvalue weighted by Gasteiger charge is -2.09. The first kappa shape index (κ1) is 25.8. The minimum atomic E-state index is -0.685. The lowest BCUT2D eigenvalue weighted by atomic mass is 10.2. The quantitative estimate of drug-likeness (QED) is 0.308. The van der Waals surface area contributed by atoms with Crippen LogP contribution in [-0.4, -0.2) is 33.8 Å². The number of hydrogen-bond acceptors (Lipinski definition) is 7. The van der Waals surface area contributed by atoms with Gasteiger partial charge in [-0.3, -0.25) is 14.4 Å². The predicted molar refractivity (Wildman–Crippen MR) is 143 cm³/mol. The van der Waals surface area contributed by atoms with E-state index >= 15 is 0 Å². The van der Waals surface area contributed by atoms with E-state index in [-0.39, 0.29) is 27.7 Å². The molecule has 0 spiro atoms. The van der Waals surface area contributed by atoms with Gasteiger partial charge in [0, 0.05) is 23.1 Å². The van der Waals surface area contributed by atoms with Gasteiger partial charge in [0.05, 0.1) is 12.2 Å². The molecule has 0 saturated heterocycles. The summed E-state index contributed by atoms with van der Waals surface area (Å²) in [6.07, 6.45) is 2.07. The molecule has 2 amide bonds. The van der Waals surface area contributed by atoms with Crippen LogP contribution in [0.3, 0.4) is 0 Å². The summed E-state index contributed by atoms with van der Waals surface area (Å²) < 4.78 is 6.32. The highest BCUT2D eigenvalue weighted by atomic mass is 32.1. The maximum atomic E-state index is 13.5. The second-order valence-electron chi connectivity index (χ2n) is 8.22. The number of carbonyl (C=O) groups is 3. The molecule has 10 heteroatoms. The van der Waals surface area contributed by atoms with E-state index in [2.05, 4.69) is 15.6 Å². The van der Waals surface area contributed by atoms with Gasteiger partial charge < -0.3 is 15.4 Å². The van der Waals surface area contributed by atoms with Crippen molar-refractivity contribution >= 4 is 45.5 Å². The van der Waals surface area contributed by atoms with Gasteiger partial charge in [0.15, 0.2) is 4.96 Å². The molecule has 0 saturated carbocycles. The first-order valence-electron chi connectivity index (χ1n) is 11.9. The molecule has 0 aliphatic rings. The molecular weight excluding hydrogens is 492 g/mol. The number of carbonyl (C=O) groups excluding carboxylic acids is 3. The Hall–Kier alpha value is -4.31. The number of aryl methyl sites for hydroxylation is 1. The Morgan fingerprint density at radius 1 is 0.919 bits per heavy atom. The fourth-order valence-corrected chi connectivity index (χ4v) is 4.71. The van der Waals surface area contributed by atoms with Crippen LogP contribution in [0.1, 0.15) is 62.9 Å². The Bertz CT molecular complexity index is 1510. The summed E-state index contributed by atoms with van der Waals surface area (Å²) in [4.78, 5) is 56.8. The van der Waals surface area contributed by atoms with Crippen molar-refractivity contribution in [1.82, 2.24) is 9.38 Å². The molecule has 0 aliphatic carbocycles. The number of para-hydroxylation sites is 1. The van der Waals surface area contributed by atoms with Crippen molar-refractivity contribution in [2.75, 3.05) is 17.2 Å². The zero-order valence-electron chi connectivity index (χ0n) is 20.4. The van der Waals surface area contributed by atoms with E-state index in [1.807, 2.05) is 19.9 Å². The SMILES string of the molecule is CCCOC(=O)c1cccc(NC(=O)c2c(C(=O)Nc3ccccc3)sc3nc(CCC)cc(=O)n23)c1. The van der Waals surface area contributed by atoms with Crippen molar-refractivity contribution < 1.29 is 19.1 Å². The standard InChI is InChI=1S/C27H26N4O5S/c1-3-9-19-16-21(32)31-22(23(37-27(31)30-19)25(34)28-18-11-6-5-7-12-18)24(33)29-20-13-8-10-17(15-20)26(35)36-14-4-2/h5-8,10-13,15-16H,3-4,9,14H2,1-2H3,(H,28,34)(H,29,33). The van der Waals surface area contributed by atoms with E-state index in [1.54, 1.807) is 42.5 Å². The predicted octanol–water partition coefficient (Wildman–Crippen LogP) is 4.78. The Labute approximate surface area is 217 Å². The number of aromatic nitrogens is 2. The molecule has 0 fully saturated rings. The van der Waals surface area contributed by atoms with Crippen molar-refractivity contribution in [2.45, 2.75) is 33.1 Å². The van der Waals surface area contributed by atoms with E-state index in [0.29, 0.717) is 29.9 Å². The number of fused-ring (bicyclic) bond motifs is 1. The molecule has 2 heterocycles. The van der Waals surface area contributed by atoms with Gasteiger partial charge in [-0.25, -0.2) is 14.2 Å². The molecule has 4 aromatic rings. The molecule has 2 N–H and O–H groups in total. The van der Waals surface area contributed by atoms with E-state index in [9.17, 15) is 19.2 Å². The fraction of sp³-hybridized carbons (Fsp3) is 0.222. The maximum absolute atomic E-state index is 13.5. The number of rotatable bonds is 9.